The predicted molar refractivity (Wildman–Crippen MR) is 58.3 cm³/mol. The van der Waals surface area contributed by atoms with E-state index in [1.165, 1.54) is 25.7 Å². The zero-order chi connectivity index (χ0) is 9.90. The zero-order valence-electron chi connectivity index (χ0n) is 9.27. The Kier molecular flexibility index (Phi) is 3.40. The van der Waals surface area contributed by atoms with E-state index in [-0.39, 0.29) is 0 Å². The summed E-state index contributed by atoms with van der Waals surface area (Å²) in [5, 5.41) is 0. The highest BCUT2D eigenvalue weighted by molar-refractivity contribution is 4.98. The monoisotopic (exact) mass is 181 g/mol. The van der Waals surface area contributed by atoms with Crippen molar-refractivity contribution in [3.63, 3.8) is 0 Å². The molecule has 0 radical (unpaired) electrons. The first-order valence-electron chi connectivity index (χ1n) is 5.44. The highest BCUT2D eigenvalue weighted by Crippen LogP contribution is 2.35. The Bertz CT molecular complexity index is 186. The van der Waals surface area contributed by atoms with Crippen molar-refractivity contribution < 1.29 is 0 Å². The van der Waals surface area contributed by atoms with E-state index < -0.39 is 0 Å². The van der Waals surface area contributed by atoms with E-state index >= 15 is 0 Å². The third-order valence-corrected chi connectivity index (χ3v) is 3.16. The Morgan fingerprint density at radius 3 is 2.62 bits per heavy atom. The summed E-state index contributed by atoms with van der Waals surface area (Å²) in [6.45, 7) is 7.06. The number of rotatable bonds is 0. The maximum Gasteiger partial charge on any atom is 0.00399 e. The van der Waals surface area contributed by atoms with Gasteiger partial charge >= 0.3 is 0 Å². The largest absolute Gasteiger partial charge is 0.402 e. The van der Waals surface area contributed by atoms with Crippen molar-refractivity contribution in [1.29, 1.82) is 0 Å². The van der Waals surface area contributed by atoms with Gasteiger partial charge in [-0.05, 0) is 43.4 Å². The van der Waals surface area contributed by atoms with E-state index in [9.17, 15) is 0 Å². The average molecular weight is 181 g/mol. The van der Waals surface area contributed by atoms with Gasteiger partial charge in [-0.3, -0.25) is 0 Å². The second-order valence-corrected chi connectivity index (χ2v) is 5.31. The van der Waals surface area contributed by atoms with Crippen LogP contribution < -0.4 is 5.73 Å². The number of hydrogen-bond donors (Lipinski definition) is 1. The molecule has 1 unspecified atom stereocenters. The van der Waals surface area contributed by atoms with Crippen LogP contribution in [-0.4, -0.2) is 0 Å². The van der Waals surface area contributed by atoms with Crippen molar-refractivity contribution in [2.24, 2.45) is 17.1 Å². The quantitative estimate of drug-likeness (QED) is 0.608. The molecule has 13 heavy (non-hydrogen) atoms. The van der Waals surface area contributed by atoms with Gasteiger partial charge in [-0.1, -0.05) is 26.8 Å². The Labute approximate surface area is 82.4 Å². The van der Waals surface area contributed by atoms with Gasteiger partial charge in [0.1, 0.15) is 0 Å². The molecular formula is C12H23N. The van der Waals surface area contributed by atoms with Gasteiger partial charge in [0.2, 0.25) is 0 Å². The normalized spacial score (nSPS) is 30.1. The molecule has 0 aromatic heterocycles. The third-order valence-electron chi connectivity index (χ3n) is 3.16. The molecule has 1 heteroatoms. The van der Waals surface area contributed by atoms with E-state index in [0.717, 1.165) is 18.0 Å². The average Bonchev–Trinajstić information content (AvgIpc) is 1.93. The lowest BCUT2D eigenvalue weighted by atomic mass is 9.74. The first-order chi connectivity index (χ1) is 6.00. The van der Waals surface area contributed by atoms with Crippen molar-refractivity contribution in [3.05, 3.63) is 11.8 Å². The van der Waals surface area contributed by atoms with Gasteiger partial charge in [0, 0.05) is 5.70 Å². The summed E-state index contributed by atoms with van der Waals surface area (Å²) in [5.41, 5.74) is 7.40. The molecule has 0 aliphatic heterocycles. The van der Waals surface area contributed by atoms with Crippen molar-refractivity contribution in [1.82, 2.24) is 0 Å². The van der Waals surface area contributed by atoms with Crippen LogP contribution in [0.3, 0.4) is 0 Å². The molecule has 0 saturated carbocycles. The molecule has 1 nitrogen and oxygen atoms in total. The highest BCUT2D eigenvalue weighted by Gasteiger charge is 2.24. The molecule has 0 amide bonds. The van der Waals surface area contributed by atoms with Crippen LogP contribution in [0.1, 0.15) is 52.9 Å². The fourth-order valence-corrected chi connectivity index (χ4v) is 2.13. The first-order valence-corrected chi connectivity index (χ1v) is 5.44. The minimum absolute atomic E-state index is 0.472. The van der Waals surface area contributed by atoms with E-state index in [0.29, 0.717) is 5.41 Å². The van der Waals surface area contributed by atoms with Crippen molar-refractivity contribution in [3.8, 4) is 0 Å². The molecular weight excluding hydrogens is 158 g/mol. The minimum Gasteiger partial charge on any atom is -0.402 e. The minimum atomic E-state index is 0.472. The maximum absolute atomic E-state index is 5.82. The van der Waals surface area contributed by atoms with Crippen molar-refractivity contribution >= 4 is 0 Å². The second kappa shape index (κ2) is 4.17. The molecule has 0 saturated heterocycles. The molecule has 1 aliphatic rings. The topological polar surface area (TPSA) is 26.0 Å². The maximum atomic E-state index is 5.82. The lowest BCUT2D eigenvalue weighted by Gasteiger charge is -2.31. The van der Waals surface area contributed by atoms with Crippen molar-refractivity contribution in [2.75, 3.05) is 0 Å². The molecule has 1 aliphatic carbocycles. The summed E-state index contributed by atoms with van der Waals surface area (Å²) in [4.78, 5) is 0. The van der Waals surface area contributed by atoms with E-state index in [1.807, 2.05) is 0 Å². The van der Waals surface area contributed by atoms with E-state index in [4.69, 9.17) is 5.73 Å². The Hall–Kier alpha value is -0.460. The summed E-state index contributed by atoms with van der Waals surface area (Å²) in [5.74, 6) is 0.872. The number of nitrogens with two attached hydrogens (primary N) is 1. The van der Waals surface area contributed by atoms with Gasteiger partial charge in [-0.25, -0.2) is 0 Å². The van der Waals surface area contributed by atoms with E-state index in [2.05, 4.69) is 26.8 Å². The summed E-state index contributed by atoms with van der Waals surface area (Å²) in [6, 6.07) is 0. The van der Waals surface area contributed by atoms with Gasteiger partial charge in [0.15, 0.2) is 0 Å². The molecule has 0 spiro atoms. The van der Waals surface area contributed by atoms with Crippen LogP contribution in [0.15, 0.2) is 11.8 Å². The predicted octanol–water partition coefficient (Wildman–Crippen LogP) is 3.46. The van der Waals surface area contributed by atoms with Crippen LogP contribution in [0.4, 0.5) is 0 Å². The molecule has 0 fully saturated rings. The molecule has 0 aromatic rings. The second-order valence-electron chi connectivity index (χ2n) is 5.31. The van der Waals surface area contributed by atoms with Gasteiger partial charge in [-0.15, -0.1) is 0 Å². The summed E-state index contributed by atoms with van der Waals surface area (Å²) < 4.78 is 0. The summed E-state index contributed by atoms with van der Waals surface area (Å²) in [6.07, 6.45) is 8.42. The summed E-state index contributed by atoms with van der Waals surface area (Å²) in [7, 11) is 0. The fraction of sp³-hybridized carbons (Fsp3) is 0.833. The van der Waals surface area contributed by atoms with Gasteiger partial charge < -0.3 is 5.73 Å². The number of allylic oxidation sites excluding steroid dienone is 2. The lowest BCUT2D eigenvalue weighted by Crippen LogP contribution is -2.21. The van der Waals surface area contributed by atoms with Gasteiger partial charge in [0.25, 0.3) is 0 Å². The third kappa shape index (κ3) is 3.41. The number of hydrogen-bond acceptors (Lipinski definition) is 1. The first kappa shape index (κ1) is 10.6. The molecule has 0 bridgehead atoms. The fourth-order valence-electron chi connectivity index (χ4n) is 2.13. The van der Waals surface area contributed by atoms with Crippen LogP contribution >= 0.6 is 0 Å². The summed E-state index contributed by atoms with van der Waals surface area (Å²) >= 11 is 0. The molecule has 0 aromatic carbocycles. The molecule has 76 valence electrons. The van der Waals surface area contributed by atoms with Crippen LogP contribution in [0.2, 0.25) is 0 Å². The zero-order valence-corrected chi connectivity index (χ0v) is 9.27. The van der Waals surface area contributed by atoms with Crippen LogP contribution in [0.25, 0.3) is 0 Å². The Morgan fingerprint density at radius 1 is 1.31 bits per heavy atom. The standard InChI is InChI=1S/C12H23N/c1-12(2,3)10-6-4-8-11(13)9-5-7-10/h8,10H,4-7,9,13H2,1-3H3/b11-8-. The molecule has 2 N–H and O–H groups in total. The molecule has 0 heterocycles. The lowest BCUT2D eigenvalue weighted by molar-refractivity contribution is 0.207. The van der Waals surface area contributed by atoms with E-state index in [1.54, 1.807) is 0 Å². The Morgan fingerprint density at radius 2 is 2.00 bits per heavy atom. The highest BCUT2D eigenvalue weighted by atomic mass is 14.6. The van der Waals surface area contributed by atoms with Gasteiger partial charge in [-0.2, -0.15) is 0 Å². The van der Waals surface area contributed by atoms with Crippen LogP contribution in [0, 0.1) is 11.3 Å². The Balaban J connectivity index is 2.53. The van der Waals surface area contributed by atoms with Gasteiger partial charge in [0.05, 0.1) is 0 Å². The molecule has 1 rings (SSSR count). The van der Waals surface area contributed by atoms with Crippen LogP contribution in [0.5, 0.6) is 0 Å². The molecule has 1 atom stereocenters. The smallest absolute Gasteiger partial charge is 0.00399 e. The van der Waals surface area contributed by atoms with Crippen LogP contribution in [-0.2, 0) is 0 Å². The SMILES string of the molecule is CC(C)(C)C1CC/C=C(\N)CCC1. The van der Waals surface area contributed by atoms with Crippen molar-refractivity contribution in [2.45, 2.75) is 52.9 Å².